The monoisotopic (exact) mass is 224 g/mol. The summed E-state index contributed by atoms with van der Waals surface area (Å²) < 4.78 is 10.4. The van der Waals surface area contributed by atoms with E-state index in [2.05, 4.69) is 0 Å². The molecule has 0 amide bonds. The van der Waals surface area contributed by atoms with Gasteiger partial charge in [-0.25, -0.2) is 0 Å². The van der Waals surface area contributed by atoms with Crippen molar-refractivity contribution >= 4 is 41.8 Å². The van der Waals surface area contributed by atoms with Gasteiger partial charge >= 0.3 is 107 Å². The summed E-state index contributed by atoms with van der Waals surface area (Å²) in [6, 6.07) is 19.5. The fourth-order valence-corrected chi connectivity index (χ4v) is 5.14. The van der Waals surface area contributed by atoms with Gasteiger partial charge in [0.15, 0.2) is 0 Å². The first-order valence-electron chi connectivity index (χ1n) is 4.90. The van der Waals surface area contributed by atoms with Gasteiger partial charge < -0.3 is 0 Å². The van der Waals surface area contributed by atoms with Crippen LogP contribution in [0.1, 0.15) is 0 Å². The topological polar surface area (TPSA) is 17.1 Å². The molecule has 0 saturated heterocycles. The van der Waals surface area contributed by atoms with Gasteiger partial charge in [0.2, 0.25) is 0 Å². The quantitative estimate of drug-likeness (QED) is 0.564. The molecule has 0 atom stereocenters. The second-order valence-corrected chi connectivity index (χ2v) is 10.3. The van der Waals surface area contributed by atoms with E-state index in [1.165, 1.54) is 0 Å². The third-order valence-electron chi connectivity index (χ3n) is 2.50. The Kier molecular flexibility index (Phi) is 3.48. The van der Waals surface area contributed by atoms with Gasteiger partial charge in [-0.15, -0.1) is 0 Å². The van der Waals surface area contributed by atoms with E-state index in [0.29, 0.717) is 27.3 Å². The van der Waals surface area contributed by atoms with Crippen LogP contribution in [0.15, 0.2) is 60.7 Å². The Morgan fingerprint density at radius 3 is 1.40 bits per heavy atom. The Labute approximate surface area is 106 Å². The Bertz CT molecular complexity index is 438. The maximum atomic E-state index is 12.7. The summed E-state index contributed by atoms with van der Waals surface area (Å²) >= 11 is 0.679. The van der Waals surface area contributed by atoms with Crippen molar-refractivity contribution in [2.75, 3.05) is 0 Å². The molecule has 0 unspecified atom stereocenters. The molecular weight excluding hydrogens is 214 g/mol. The molecule has 0 saturated carbocycles. The molecule has 0 fully saturated rings. The molecule has 0 spiro atoms. The van der Waals surface area contributed by atoms with Crippen LogP contribution in [-0.4, -0.2) is 27.3 Å². The van der Waals surface area contributed by atoms with Gasteiger partial charge in [-0.3, -0.25) is 0 Å². The van der Waals surface area contributed by atoms with Crippen molar-refractivity contribution in [3.8, 4) is 0 Å². The molecule has 1 nitrogen and oxygen atoms in total. The van der Waals surface area contributed by atoms with Crippen molar-refractivity contribution < 1.29 is 4.57 Å². The Hall–Kier alpha value is -0.330. The molecule has 0 bridgehead atoms. The summed E-state index contributed by atoms with van der Waals surface area (Å²) in [5, 5.41) is 1.95. The zero-order valence-corrected chi connectivity index (χ0v) is 11.5. The van der Waals surface area contributed by atoms with E-state index in [1.807, 2.05) is 60.7 Å². The van der Waals surface area contributed by atoms with Gasteiger partial charge in [0.1, 0.15) is 0 Å². The van der Waals surface area contributed by atoms with E-state index >= 15 is 0 Å². The molecule has 0 aliphatic heterocycles. The van der Waals surface area contributed by atoms with Crippen LogP contribution in [0, 0.1) is 0 Å². The molecule has 0 radical (unpaired) electrons. The molecule has 0 N–H and O–H groups in total. The van der Waals surface area contributed by atoms with Crippen LogP contribution in [0.3, 0.4) is 0 Å². The third-order valence-corrected chi connectivity index (χ3v) is 8.16. The molecule has 70 valence electrons. The predicted molar refractivity (Wildman–Crippen MR) is 65.5 cm³/mol. The van der Waals surface area contributed by atoms with Gasteiger partial charge in [-0.1, -0.05) is 0 Å². The molecule has 3 heteroatoms. The zero-order chi connectivity index (χ0) is 10.7. The van der Waals surface area contributed by atoms with Crippen LogP contribution in [-0.2, 0) is 4.57 Å². The van der Waals surface area contributed by atoms with Crippen LogP contribution < -0.4 is 10.6 Å². The molecule has 0 aliphatic carbocycles. The summed E-state index contributed by atoms with van der Waals surface area (Å²) in [5.41, 5.74) is 0. The molecule has 0 aromatic heterocycles. The van der Waals surface area contributed by atoms with Gasteiger partial charge in [0.05, 0.1) is 0 Å². The van der Waals surface area contributed by atoms with E-state index in [0.717, 1.165) is 10.6 Å². The fourth-order valence-electron chi connectivity index (χ4n) is 1.57. The first kappa shape index (κ1) is 11.2. The molecule has 2 aromatic carbocycles. The van der Waals surface area contributed by atoms with Crippen LogP contribution in [0.4, 0.5) is 0 Å². The molecular formula is C12H10NaOP. The standard InChI is InChI=1S/C12H10OP.Na/c13-14(11-7-3-1-4-8-11)12-9-5-2-6-10-12;/h1-10H;/q+1;-1. The van der Waals surface area contributed by atoms with E-state index < -0.39 is 3.90 Å². The second-order valence-electron chi connectivity index (χ2n) is 3.60. The number of benzene rings is 2. The van der Waals surface area contributed by atoms with E-state index in [1.54, 1.807) is 0 Å². The number of hydrogen-bond acceptors (Lipinski definition) is 1. The van der Waals surface area contributed by atoms with E-state index in [-0.39, 0.29) is 0 Å². The average molecular weight is 224 g/mol. The first-order chi connectivity index (χ1) is 7.21. The summed E-state index contributed by atoms with van der Waals surface area (Å²) in [5.74, 6) is 0. The van der Waals surface area contributed by atoms with Gasteiger partial charge in [0.25, 0.3) is 0 Å². The van der Waals surface area contributed by atoms with Crippen LogP contribution in [0.5, 0.6) is 0 Å². The molecule has 0 aliphatic rings. The summed E-state index contributed by atoms with van der Waals surface area (Å²) in [6.07, 6.45) is 0. The Balaban J connectivity index is 2.50. The molecule has 2 aromatic rings. The van der Waals surface area contributed by atoms with E-state index in [9.17, 15) is 4.57 Å². The van der Waals surface area contributed by atoms with E-state index in [4.69, 9.17) is 0 Å². The normalized spacial score (nSPS) is 11.3. The molecule has 15 heavy (non-hydrogen) atoms. The molecule has 0 heterocycles. The average Bonchev–Trinajstić information content (AvgIpc) is 2.31. The van der Waals surface area contributed by atoms with Crippen molar-refractivity contribution in [1.29, 1.82) is 0 Å². The van der Waals surface area contributed by atoms with Crippen LogP contribution >= 0.6 is 3.90 Å². The number of hydrogen-bond donors (Lipinski definition) is 0. The number of rotatable bonds is 2. The van der Waals surface area contributed by atoms with Crippen molar-refractivity contribution in [1.82, 2.24) is 0 Å². The maximum absolute atomic E-state index is 12.7. The molecule has 2 rings (SSSR count). The van der Waals surface area contributed by atoms with Gasteiger partial charge in [0, 0.05) is 0 Å². The second kappa shape index (κ2) is 4.67. The van der Waals surface area contributed by atoms with Crippen molar-refractivity contribution in [2.45, 2.75) is 0 Å². The zero-order valence-electron chi connectivity index (χ0n) is 8.63. The first-order valence-corrected chi connectivity index (χ1v) is 9.74. The minimum absolute atomic E-state index is 0.679. The summed E-state index contributed by atoms with van der Waals surface area (Å²) in [4.78, 5) is 0. The van der Waals surface area contributed by atoms with Gasteiger partial charge in [-0.05, 0) is 0 Å². The Morgan fingerprint density at radius 2 is 1.07 bits per heavy atom. The fraction of sp³-hybridized carbons (Fsp3) is 0. The summed E-state index contributed by atoms with van der Waals surface area (Å²) in [7, 11) is 0. The van der Waals surface area contributed by atoms with Crippen LogP contribution in [0.25, 0.3) is 0 Å². The summed E-state index contributed by atoms with van der Waals surface area (Å²) in [6.45, 7) is 0. The van der Waals surface area contributed by atoms with Crippen LogP contribution in [0.2, 0.25) is 0 Å². The Morgan fingerprint density at radius 1 is 0.733 bits per heavy atom. The van der Waals surface area contributed by atoms with Crippen molar-refractivity contribution in [2.24, 2.45) is 0 Å². The van der Waals surface area contributed by atoms with Crippen molar-refractivity contribution in [3.05, 3.63) is 60.7 Å². The predicted octanol–water partition coefficient (Wildman–Crippen LogP) is 2.08. The third kappa shape index (κ3) is 2.43. The minimum atomic E-state index is -2.26. The van der Waals surface area contributed by atoms with Crippen molar-refractivity contribution in [3.63, 3.8) is 0 Å². The van der Waals surface area contributed by atoms with Gasteiger partial charge in [-0.2, -0.15) is 0 Å². The SMILES string of the molecule is O=[P]([Na])(c1ccccc1)c1ccccc1.